The second kappa shape index (κ2) is 8.50. The standard InChI is InChI=1S/C26H21F2N3O2/c1-2-17-11-12-18(33-17)13-23-26(32)31-15-24(16-7-4-3-5-8-16)29-22(25(31)30-23)14-19-20(27)9-6-10-21(19)28/h3-12,15,32H,2,13-14H2,1H3. The van der Waals surface area contributed by atoms with Crippen molar-refractivity contribution in [1.82, 2.24) is 14.4 Å². The number of halogens is 2. The maximum atomic E-state index is 14.4. The molecule has 166 valence electrons. The summed E-state index contributed by atoms with van der Waals surface area (Å²) in [5.74, 6) is 0.146. The van der Waals surface area contributed by atoms with E-state index in [0.29, 0.717) is 28.5 Å². The normalized spacial score (nSPS) is 11.4. The van der Waals surface area contributed by atoms with E-state index in [-0.39, 0.29) is 24.3 Å². The van der Waals surface area contributed by atoms with E-state index in [9.17, 15) is 13.9 Å². The van der Waals surface area contributed by atoms with Crippen LogP contribution >= 0.6 is 0 Å². The molecular formula is C26H21F2N3O2. The monoisotopic (exact) mass is 445 g/mol. The summed E-state index contributed by atoms with van der Waals surface area (Å²) in [5.41, 5.74) is 2.36. The SMILES string of the molecule is CCc1ccc(Cc2nc3c(Cc4c(F)cccc4F)nc(-c4ccccc4)cn3c2O)o1. The number of aryl methyl sites for hydroxylation is 1. The molecule has 0 aliphatic carbocycles. The predicted molar refractivity (Wildman–Crippen MR) is 120 cm³/mol. The van der Waals surface area contributed by atoms with E-state index >= 15 is 0 Å². The van der Waals surface area contributed by atoms with E-state index < -0.39 is 11.6 Å². The zero-order valence-electron chi connectivity index (χ0n) is 17.9. The Kier molecular flexibility index (Phi) is 5.38. The van der Waals surface area contributed by atoms with Crippen molar-refractivity contribution >= 4 is 5.65 Å². The summed E-state index contributed by atoms with van der Waals surface area (Å²) < 4.78 is 36.1. The number of benzene rings is 2. The van der Waals surface area contributed by atoms with Crippen LogP contribution in [0, 0.1) is 11.6 Å². The number of hydrogen-bond donors (Lipinski definition) is 1. The lowest BCUT2D eigenvalue weighted by molar-refractivity contribution is 0.435. The van der Waals surface area contributed by atoms with Gasteiger partial charge in [-0.1, -0.05) is 43.3 Å². The molecule has 5 rings (SSSR count). The summed E-state index contributed by atoms with van der Waals surface area (Å²) in [6.07, 6.45) is 2.61. The molecule has 5 aromatic rings. The fourth-order valence-corrected chi connectivity index (χ4v) is 3.87. The number of fused-ring (bicyclic) bond motifs is 1. The van der Waals surface area contributed by atoms with Crippen LogP contribution in [0.4, 0.5) is 8.78 Å². The summed E-state index contributed by atoms with van der Waals surface area (Å²) in [5, 5.41) is 11.0. The zero-order valence-corrected chi connectivity index (χ0v) is 17.9. The van der Waals surface area contributed by atoms with Crippen LogP contribution < -0.4 is 0 Å². The van der Waals surface area contributed by atoms with E-state index in [1.807, 2.05) is 49.4 Å². The third kappa shape index (κ3) is 3.98. The summed E-state index contributed by atoms with van der Waals surface area (Å²) in [7, 11) is 0. The van der Waals surface area contributed by atoms with Crippen molar-refractivity contribution < 1.29 is 18.3 Å². The van der Waals surface area contributed by atoms with Gasteiger partial charge < -0.3 is 9.52 Å². The summed E-state index contributed by atoms with van der Waals surface area (Å²) in [4.78, 5) is 9.25. The van der Waals surface area contributed by atoms with Gasteiger partial charge in [0, 0.05) is 30.2 Å². The van der Waals surface area contributed by atoms with Crippen LogP contribution in [0.2, 0.25) is 0 Å². The largest absolute Gasteiger partial charge is 0.493 e. The predicted octanol–water partition coefficient (Wildman–Crippen LogP) is 5.72. The van der Waals surface area contributed by atoms with Crippen molar-refractivity contribution in [2.45, 2.75) is 26.2 Å². The summed E-state index contributed by atoms with van der Waals surface area (Å²) in [6, 6.07) is 16.9. The summed E-state index contributed by atoms with van der Waals surface area (Å²) >= 11 is 0. The highest BCUT2D eigenvalue weighted by atomic mass is 19.1. The highest BCUT2D eigenvalue weighted by molar-refractivity contribution is 5.63. The third-order valence-corrected chi connectivity index (χ3v) is 5.60. The van der Waals surface area contributed by atoms with Gasteiger partial charge in [0.1, 0.15) is 28.8 Å². The molecule has 0 spiro atoms. The average Bonchev–Trinajstić information content (AvgIpc) is 3.41. The fourth-order valence-electron chi connectivity index (χ4n) is 3.87. The summed E-state index contributed by atoms with van der Waals surface area (Å²) in [6.45, 7) is 2.00. The van der Waals surface area contributed by atoms with Crippen LogP contribution in [0.3, 0.4) is 0 Å². The van der Waals surface area contributed by atoms with Gasteiger partial charge in [-0.05, 0) is 24.3 Å². The maximum absolute atomic E-state index is 14.4. The molecule has 0 amide bonds. The number of rotatable bonds is 6. The molecule has 0 saturated carbocycles. The molecule has 3 aromatic heterocycles. The van der Waals surface area contributed by atoms with Crippen molar-refractivity contribution in [2.75, 3.05) is 0 Å². The number of aromatic nitrogens is 3. The van der Waals surface area contributed by atoms with Crippen molar-refractivity contribution in [3.8, 4) is 17.1 Å². The van der Waals surface area contributed by atoms with Crippen LogP contribution in [0.25, 0.3) is 16.9 Å². The van der Waals surface area contributed by atoms with Gasteiger partial charge in [-0.3, -0.25) is 4.40 Å². The van der Waals surface area contributed by atoms with Crippen LogP contribution in [-0.4, -0.2) is 19.5 Å². The quantitative estimate of drug-likeness (QED) is 0.363. The zero-order chi connectivity index (χ0) is 22.9. The molecule has 0 unspecified atom stereocenters. The van der Waals surface area contributed by atoms with E-state index in [1.165, 1.54) is 22.6 Å². The molecule has 0 atom stereocenters. The van der Waals surface area contributed by atoms with Gasteiger partial charge in [0.2, 0.25) is 5.88 Å². The minimum Gasteiger partial charge on any atom is -0.493 e. The van der Waals surface area contributed by atoms with Crippen LogP contribution in [0.5, 0.6) is 5.88 Å². The Balaban J connectivity index is 1.66. The number of imidazole rings is 1. The lowest BCUT2D eigenvalue weighted by Gasteiger charge is -2.09. The lowest BCUT2D eigenvalue weighted by atomic mass is 10.1. The van der Waals surface area contributed by atoms with Gasteiger partial charge >= 0.3 is 0 Å². The van der Waals surface area contributed by atoms with Crippen molar-refractivity contribution in [2.24, 2.45) is 0 Å². The van der Waals surface area contributed by atoms with Crippen molar-refractivity contribution in [3.05, 3.63) is 107 Å². The Morgan fingerprint density at radius 2 is 1.58 bits per heavy atom. The Bertz CT molecular complexity index is 1420. The molecule has 1 N–H and O–H groups in total. The molecule has 0 saturated heterocycles. The van der Waals surface area contributed by atoms with Gasteiger partial charge in [0.25, 0.3) is 0 Å². The average molecular weight is 445 g/mol. The first-order valence-electron chi connectivity index (χ1n) is 10.7. The lowest BCUT2D eigenvalue weighted by Crippen LogP contribution is -2.04. The van der Waals surface area contributed by atoms with Gasteiger partial charge in [-0.2, -0.15) is 0 Å². The minimum absolute atomic E-state index is 0.0608. The molecule has 0 aliphatic heterocycles. The van der Waals surface area contributed by atoms with E-state index in [1.54, 1.807) is 6.20 Å². The highest BCUT2D eigenvalue weighted by Crippen LogP contribution is 2.29. The number of furan rings is 1. The molecule has 0 fully saturated rings. The number of nitrogens with zero attached hydrogens (tertiary/aromatic N) is 3. The minimum atomic E-state index is -0.654. The molecule has 7 heteroatoms. The molecule has 33 heavy (non-hydrogen) atoms. The molecule has 0 bridgehead atoms. The Morgan fingerprint density at radius 3 is 2.27 bits per heavy atom. The van der Waals surface area contributed by atoms with E-state index in [2.05, 4.69) is 9.97 Å². The van der Waals surface area contributed by atoms with Crippen LogP contribution in [-0.2, 0) is 19.3 Å². The second-order valence-corrected chi connectivity index (χ2v) is 7.79. The van der Waals surface area contributed by atoms with Crippen molar-refractivity contribution in [3.63, 3.8) is 0 Å². The molecule has 0 radical (unpaired) electrons. The second-order valence-electron chi connectivity index (χ2n) is 7.79. The van der Waals surface area contributed by atoms with Gasteiger partial charge in [0.05, 0.1) is 17.8 Å². The molecule has 2 aromatic carbocycles. The highest BCUT2D eigenvalue weighted by Gasteiger charge is 2.20. The Labute approximate surface area is 189 Å². The van der Waals surface area contributed by atoms with E-state index in [0.717, 1.165) is 17.7 Å². The molecular weight excluding hydrogens is 424 g/mol. The smallest absolute Gasteiger partial charge is 0.219 e. The maximum Gasteiger partial charge on any atom is 0.219 e. The first-order chi connectivity index (χ1) is 16.0. The first-order valence-corrected chi connectivity index (χ1v) is 10.7. The Hall–Kier alpha value is -4.00. The van der Waals surface area contributed by atoms with E-state index in [4.69, 9.17) is 4.42 Å². The van der Waals surface area contributed by atoms with Crippen LogP contribution in [0.15, 0.2) is 71.3 Å². The van der Waals surface area contributed by atoms with Crippen molar-refractivity contribution in [1.29, 1.82) is 0 Å². The van der Waals surface area contributed by atoms with Gasteiger partial charge in [-0.25, -0.2) is 18.7 Å². The molecule has 5 nitrogen and oxygen atoms in total. The first kappa shape index (κ1) is 20.9. The number of aromatic hydroxyl groups is 1. The topological polar surface area (TPSA) is 63.6 Å². The van der Waals surface area contributed by atoms with Crippen LogP contribution in [0.1, 0.15) is 35.4 Å². The van der Waals surface area contributed by atoms with Gasteiger partial charge in [0.15, 0.2) is 5.65 Å². The third-order valence-electron chi connectivity index (χ3n) is 5.60. The molecule has 0 aliphatic rings. The molecule has 3 heterocycles. The number of hydrogen-bond acceptors (Lipinski definition) is 4. The Morgan fingerprint density at radius 1 is 0.848 bits per heavy atom. The fraction of sp³-hybridized carbons (Fsp3) is 0.154. The van der Waals surface area contributed by atoms with Gasteiger partial charge in [-0.15, -0.1) is 0 Å².